The molecule has 1 fully saturated rings. The number of hydrogen-bond acceptors (Lipinski definition) is 6. The van der Waals surface area contributed by atoms with E-state index in [-0.39, 0.29) is 35.0 Å². The summed E-state index contributed by atoms with van der Waals surface area (Å²) in [4.78, 5) is 22.6. The fourth-order valence-corrected chi connectivity index (χ4v) is 4.76. The van der Waals surface area contributed by atoms with E-state index < -0.39 is 9.84 Å². The minimum atomic E-state index is -3.08. The average molecular weight is 392 g/mol. The second kappa shape index (κ2) is 7.59. The molecule has 2 aromatic rings. The number of aryl methyl sites for hydroxylation is 1. The van der Waals surface area contributed by atoms with Crippen molar-refractivity contribution >= 4 is 21.6 Å². The quantitative estimate of drug-likeness (QED) is 0.834. The molecule has 1 aliphatic rings. The molecule has 1 saturated heterocycles. The van der Waals surface area contributed by atoms with Gasteiger partial charge in [0.05, 0.1) is 11.5 Å². The van der Waals surface area contributed by atoms with Crippen LogP contribution in [0.3, 0.4) is 0 Å². The fraction of sp³-hybridized carbons (Fsp3) is 0.389. The molecule has 1 unspecified atom stereocenters. The first-order chi connectivity index (χ1) is 12.7. The Hall–Kier alpha value is -2.55. The summed E-state index contributed by atoms with van der Waals surface area (Å²) in [6.07, 6.45) is 0.435. The van der Waals surface area contributed by atoms with Crippen LogP contribution in [-0.2, 0) is 16.4 Å². The molecule has 1 amide bonds. The number of rotatable bonds is 5. The van der Waals surface area contributed by atoms with Gasteiger partial charge >= 0.3 is 0 Å². The zero-order chi connectivity index (χ0) is 19.6. The maximum absolute atomic E-state index is 13.0. The number of hydrogen-bond donors (Lipinski definition) is 1. The molecule has 0 spiro atoms. The van der Waals surface area contributed by atoms with Gasteiger partial charge in [-0.15, -0.1) is 0 Å². The normalized spacial score (nSPS) is 18.3. The lowest BCUT2D eigenvalue weighted by atomic mass is 10.2. The largest absolute Gasteiger partial charge is 0.366 e. The molecule has 144 valence electrons. The number of halogens is 1. The van der Waals surface area contributed by atoms with Gasteiger partial charge < -0.3 is 10.2 Å². The Morgan fingerprint density at radius 2 is 2.00 bits per heavy atom. The van der Waals surface area contributed by atoms with Crippen LogP contribution in [0.4, 0.5) is 10.2 Å². The van der Waals surface area contributed by atoms with Crippen molar-refractivity contribution in [3.05, 3.63) is 53.2 Å². The lowest BCUT2D eigenvalue weighted by molar-refractivity contribution is 0.0741. The Bertz CT molecular complexity index is 948. The van der Waals surface area contributed by atoms with Crippen LogP contribution in [0.25, 0.3) is 0 Å². The highest BCUT2D eigenvalue weighted by atomic mass is 32.2. The number of nitrogens with one attached hydrogen (secondary N) is 1. The molecule has 2 heterocycles. The number of sulfone groups is 1. The predicted molar refractivity (Wildman–Crippen MR) is 99.6 cm³/mol. The number of carbonyl (C=O) groups is 1. The first-order valence-corrected chi connectivity index (χ1v) is 10.4. The topological polar surface area (TPSA) is 92.3 Å². The van der Waals surface area contributed by atoms with Crippen molar-refractivity contribution in [1.82, 2.24) is 14.9 Å². The molecule has 9 heteroatoms. The molecular weight excluding hydrogens is 371 g/mol. The van der Waals surface area contributed by atoms with Crippen molar-refractivity contribution in [2.75, 3.05) is 23.9 Å². The first kappa shape index (κ1) is 19.2. The van der Waals surface area contributed by atoms with E-state index in [9.17, 15) is 17.6 Å². The molecule has 1 aromatic carbocycles. The van der Waals surface area contributed by atoms with Crippen molar-refractivity contribution in [1.29, 1.82) is 0 Å². The van der Waals surface area contributed by atoms with Gasteiger partial charge in [-0.25, -0.2) is 22.8 Å². The van der Waals surface area contributed by atoms with Crippen molar-refractivity contribution in [2.45, 2.75) is 25.9 Å². The van der Waals surface area contributed by atoms with Gasteiger partial charge in [-0.1, -0.05) is 12.1 Å². The molecule has 3 rings (SSSR count). The molecule has 7 nitrogen and oxygen atoms in total. The zero-order valence-corrected chi connectivity index (χ0v) is 16.0. The Balaban J connectivity index is 1.72. The fourth-order valence-electron chi connectivity index (χ4n) is 2.99. The second-order valence-electron chi connectivity index (χ2n) is 6.64. The maximum Gasteiger partial charge on any atom is 0.272 e. The summed E-state index contributed by atoms with van der Waals surface area (Å²) in [5, 5.41) is 3.10. The van der Waals surface area contributed by atoms with E-state index in [0.717, 1.165) is 5.56 Å². The summed E-state index contributed by atoms with van der Waals surface area (Å²) in [6, 6.07) is 7.28. The van der Waals surface area contributed by atoms with Crippen molar-refractivity contribution < 1.29 is 17.6 Å². The van der Waals surface area contributed by atoms with E-state index in [0.29, 0.717) is 24.6 Å². The minimum absolute atomic E-state index is 0.0189. The lowest BCUT2D eigenvalue weighted by Gasteiger charge is -2.23. The molecule has 1 aliphatic heterocycles. The molecule has 0 radical (unpaired) electrons. The summed E-state index contributed by atoms with van der Waals surface area (Å²) in [5.74, 6) is 0.337. The van der Waals surface area contributed by atoms with Crippen LogP contribution in [-0.4, -0.2) is 53.8 Å². The van der Waals surface area contributed by atoms with Gasteiger partial charge in [0.25, 0.3) is 5.91 Å². The zero-order valence-electron chi connectivity index (χ0n) is 15.1. The molecule has 27 heavy (non-hydrogen) atoms. The van der Waals surface area contributed by atoms with Gasteiger partial charge in [-0.3, -0.25) is 4.79 Å². The molecule has 0 aliphatic carbocycles. The van der Waals surface area contributed by atoms with E-state index in [1.54, 1.807) is 32.2 Å². The van der Waals surface area contributed by atoms with Crippen LogP contribution in [0, 0.1) is 12.7 Å². The molecule has 0 saturated carbocycles. The third-order valence-corrected chi connectivity index (χ3v) is 6.27. The summed E-state index contributed by atoms with van der Waals surface area (Å²) in [7, 11) is -1.49. The van der Waals surface area contributed by atoms with Gasteiger partial charge in [-0.2, -0.15) is 0 Å². The van der Waals surface area contributed by atoms with Crippen molar-refractivity contribution in [3.63, 3.8) is 0 Å². The summed E-state index contributed by atoms with van der Waals surface area (Å²) in [6.45, 7) is 2.10. The van der Waals surface area contributed by atoms with Gasteiger partial charge in [0, 0.05) is 25.7 Å². The molecule has 0 bridgehead atoms. The highest BCUT2D eigenvalue weighted by Gasteiger charge is 2.33. The van der Waals surface area contributed by atoms with E-state index in [1.807, 2.05) is 0 Å². The van der Waals surface area contributed by atoms with Crippen LogP contribution in [0.5, 0.6) is 0 Å². The predicted octanol–water partition coefficient (Wildman–Crippen LogP) is 1.80. The number of nitrogens with zero attached hydrogens (tertiary/aromatic N) is 3. The number of amides is 1. The summed E-state index contributed by atoms with van der Waals surface area (Å²) < 4.78 is 36.3. The lowest BCUT2D eigenvalue weighted by Crippen LogP contribution is -2.38. The van der Waals surface area contributed by atoms with Gasteiger partial charge in [0.2, 0.25) is 0 Å². The Morgan fingerprint density at radius 3 is 2.63 bits per heavy atom. The monoisotopic (exact) mass is 392 g/mol. The van der Waals surface area contributed by atoms with Crippen molar-refractivity contribution in [3.8, 4) is 0 Å². The van der Waals surface area contributed by atoms with Gasteiger partial charge in [0.1, 0.15) is 23.2 Å². The smallest absolute Gasteiger partial charge is 0.272 e. The first-order valence-electron chi connectivity index (χ1n) is 8.55. The number of carbonyl (C=O) groups excluding carboxylic acids is 1. The highest BCUT2D eigenvalue weighted by molar-refractivity contribution is 7.91. The van der Waals surface area contributed by atoms with E-state index in [1.165, 1.54) is 17.0 Å². The Labute approximate surface area is 157 Å². The van der Waals surface area contributed by atoms with Gasteiger partial charge in [-0.05, 0) is 31.0 Å². The van der Waals surface area contributed by atoms with Crippen LogP contribution >= 0.6 is 0 Å². The molecule has 1 aromatic heterocycles. The number of benzene rings is 1. The maximum atomic E-state index is 13.0. The average Bonchev–Trinajstić information content (AvgIpc) is 2.99. The summed E-state index contributed by atoms with van der Waals surface area (Å²) in [5.41, 5.74) is 1.07. The van der Waals surface area contributed by atoms with Crippen LogP contribution < -0.4 is 5.32 Å². The van der Waals surface area contributed by atoms with E-state index >= 15 is 0 Å². The number of aromatic nitrogens is 2. The van der Waals surface area contributed by atoms with Crippen molar-refractivity contribution in [2.24, 2.45) is 0 Å². The third-order valence-electron chi connectivity index (χ3n) is 4.52. The highest BCUT2D eigenvalue weighted by Crippen LogP contribution is 2.19. The molecule has 1 atom stereocenters. The van der Waals surface area contributed by atoms with Crippen LogP contribution in [0.15, 0.2) is 30.3 Å². The van der Waals surface area contributed by atoms with E-state index in [4.69, 9.17) is 0 Å². The minimum Gasteiger partial charge on any atom is -0.366 e. The summed E-state index contributed by atoms with van der Waals surface area (Å²) >= 11 is 0. The second-order valence-corrected chi connectivity index (χ2v) is 8.87. The standard InChI is InChI=1S/C18H21FN4O3S/c1-12-21-16(18(24)23(2)15-7-8-27(25,26)11-15)9-17(22-12)20-10-13-3-5-14(19)6-4-13/h3-6,9,15H,7-8,10-11H2,1-2H3,(H,20,21,22). The van der Waals surface area contributed by atoms with E-state index in [2.05, 4.69) is 15.3 Å². The molecule has 1 N–H and O–H groups in total. The van der Waals surface area contributed by atoms with Crippen LogP contribution in [0.2, 0.25) is 0 Å². The van der Waals surface area contributed by atoms with Crippen LogP contribution in [0.1, 0.15) is 28.3 Å². The molecular formula is C18H21FN4O3S. The number of anilines is 1. The van der Waals surface area contributed by atoms with Gasteiger partial charge in [0.15, 0.2) is 9.84 Å². The third kappa shape index (κ3) is 4.79. The Morgan fingerprint density at radius 1 is 1.30 bits per heavy atom. The Kier molecular flexibility index (Phi) is 5.41. The SMILES string of the molecule is Cc1nc(NCc2ccc(F)cc2)cc(C(=O)N(C)C2CCS(=O)(=O)C2)n1.